The molecule has 2 aliphatic heterocycles. The van der Waals surface area contributed by atoms with Gasteiger partial charge in [-0.3, -0.25) is 19.2 Å². The van der Waals surface area contributed by atoms with Crippen LogP contribution < -0.4 is 21.3 Å². The van der Waals surface area contributed by atoms with Crippen LogP contribution in [0.1, 0.15) is 53.4 Å². The maximum absolute atomic E-state index is 14.8. The zero-order chi connectivity index (χ0) is 43.2. The lowest BCUT2D eigenvalue weighted by molar-refractivity contribution is -0.139. The highest BCUT2D eigenvalue weighted by Gasteiger charge is 2.45. The first-order valence-electron chi connectivity index (χ1n) is 20.8. The fourth-order valence-corrected chi connectivity index (χ4v) is 8.51. The molecule has 18 heteroatoms. The summed E-state index contributed by atoms with van der Waals surface area (Å²) in [4.78, 5) is 67.4. The molecule has 4 heterocycles. The van der Waals surface area contributed by atoms with E-state index in [1.807, 2.05) is 23.0 Å². The van der Waals surface area contributed by atoms with E-state index in [-0.39, 0.29) is 86.1 Å². The second kappa shape index (κ2) is 17.5. The van der Waals surface area contributed by atoms with Gasteiger partial charge < -0.3 is 50.4 Å². The first-order valence-corrected chi connectivity index (χ1v) is 20.8. The van der Waals surface area contributed by atoms with E-state index in [0.717, 1.165) is 12.8 Å². The highest BCUT2D eigenvalue weighted by atomic mass is 19.1. The van der Waals surface area contributed by atoms with Gasteiger partial charge in [0.05, 0.1) is 58.4 Å². The molecule has 2 aromatic carbocycles. The maximum Gasteiger partial charge on any atom is 0.245 e. The number of amides is 4. The lowest BCUT2D eigenvalue weighted by atomic mass is 10.0. The smallest absolute Gasteiger partial charge is 0.245 e. The van der Waals surface area contributed by atoms with E-state index in [4.69, 9.17) is 9.97 Å². The van der Waals surface area contributed by atoms with Gasteiger partial charge in [0.25, 0.3) is 0 Å². The predicted molar refractivity (Wildman–Crippen MR) is 219 cm³/mol. The molecule has 2 unspecified atom stereocenters. The van der Waals surface area contributed by atoms with Gasteiger partial charge in [0.15, 0.2) is 11.6 Å². The number of hydrogen-bond acceptors (Lipinski definition) is 10. The van der Waals surface area contributed by atoms with E-state index in [1.54, 1.807) is 49.9 Å². The summed E-state index contributed by atoms with van der Waals surface area (Å²) in [5.74, 6) is -2.08. The van der Waals surface area contributed by atoms with Gasteiger partial charge in [0.2, 0.25) is 23.6 Å². The van der Waals surface area contributed by atoms with Crippen molar-refractivity contribution in [2.75, 3.05) is 27.2 Å². The largest absolute Gasteiger partial charge is 0.391 e. The number of carbonyl (C=O) groups excluding carboxylic acids is 4. The van der Waals surface area contributed by atoms with Crippen molar-refractivity contribution >= 4 is 45.7 Å². The van der Waals surface area contributed by atoms with E-state index in [2.05, 4.69) is 21.3 Å². The highest BCUT2D eigenvalue weighted by Crippen LogP contribution is 2.36. The first kappa shape index (κ1) is 43.1. The number of carbonyl (C=O) groups is 4. The van der Waals surface area contributed by atoms with Crippen LogP contribution >= 0.6 is 0 Å². The number of halogens is 2. The standard InChI is InChI=1S/C42H56F2N10O6/c1-21(2)35(49-39(57)22(3)45-5)41(59)51-19-29(55)15-27(51)17-53-33-11-9-25(43)13-31(33)47-37(53)38-48-32-14-26(44)10-12-34(32)54(38)18-28-16-30(56)20-52(28)42(60)36(24-7-8-24)50-40(58)23(4)46-6/h9-14,21-24,27-30,35-36,45-46,55-56H,7-8,15-20H2,1-6H3,(H,49,57)(H,50,58)/t22-,23-,27+,28+,29?,30?,35-,36-/m1/s1. The van der Waals surface area contributed by atoms with Gasteiger partial charge in [-0.25, -0.2) is 18.7 Å². The topological polar surface area (TPSA) is 199 Å². The minimum Gasteiger partial charge on any atom is -0.391 e. The number of fused-ring (bicyclic) bond motifs is 2. The number of rotatable bonds is 15. The van der Waals surface area contributed by atoms with E-state index in [9.17, 15) is 38.2 Å². The van der Waals surface area contributed by atoms with Crippen molar-refractivity contribution in [2.45, 2.75) is 115 Å². The quantitative estimate of drug-likeness (QED) is 0.102. The summed E-state index contributed by atoms with van der Waals surface area (Å²) < 4.78 is 33.3. The number of nitrogens with zero attached hydrogens (tertiary/aromatic N) is 6. The van der Waals surface area contributed by atoms with Gasteiger partial charge in [-0.2, -0.15) is 0 Å². The Labute approximate surface area is 347 Å². The molecule has 6 N–H and O–H groups in total. The number of β-amino-alcohol motifs (C(OH)–C–C–N with tert-alkyl or cyclic N) is 2. The van der Waals surface area contributed by atoms with Crippen LogP contribution in [-0.2, 0) is 32.3 Å². The Hall–Kier alpha value is -5.04. The third-order valence-corrected chi connectivity index (χ3v) is 12.3. The molecule has 1 saturated carbocycles. The molecule has 4 aromatic rings. The lowest BCUT2D eigenvalue weighted by Crippen LogP contribution is -2.55. The summed E-state index contributed by atoms with van der Waals surface area (Å²) in [6.45, 7) is 7.37. The number of aromatic nitrogens is 4. The number of likely N-dealkylation sites (tertiary alicyclic amines) is 2. The van der Waals surface area contributed by atoms with Gasteiger partial charge in [0, 0.05) is 38.3 Å². The highest BCUT2D eigenvalue weighted by molar-refractivity contribution is 5.91. The molecule has 4 amide bonds. The normalized spacial score (nSPS) is 22.7. The maximum atomic E-state index is 14.8. The van der Waals surface area contributed by atoms with Crippen LogP contribution in [-0.4, -0.2) is 138 Å². The van der Waals surface area contributed by atoms with Crippen molar-refractivity contribution in [1.29, 1.82) is 0 Å². The minimum atomic E-state index is -0.875. The summed E-state index contributed by atoms with van der Waals surface area (Å²) in [7, 11) is 3.32. The summed E-state index contributed by atoms with van der Waals surface area (Å²) in [6.07, 6.45) is 0.310. The van der Waals surface area contributed by atoms with Gasteiger partial charge >= 0.3 is 0 Å². The molecule has 0 spiro atoms. The Kier molecular flexibility index (Phi) is 12.6. The molecule has 60 heavy (non-hydrogen) atoms. The van der Waals surface area contributed by atoms with Crippen molar-refractivity contribution in [1.82, 2.24) is 50.2 Å². The number of imidazole rings is 2. The molecule has 2 aromatic heterocycles. The van der Waals surface area contributed by atoms with Crippen LogP contribution in [0.5, 0.6) is 0 Å². The number of nitrogens with one attached hydrogen (secondary N) is 4. The van der Waals surface area contributed by atoms with Gasteiger partial charge in [0.1, 0.15) is 23.7 Å². The van der Waals surface area contributed by atoms with E-state index in [1.165, 1.54) is 24.3 Å². The van der Waals surface area contributed by atoms with Crippen LogP contribution in [0.2, 0.25) is 0 Å². The van der Waals surface area contributed by atoms with Crippen LogP contribution in [0.25, 0.3) is 33.7 Å². The Morgan fingerprint density at radius 3 is 1.60 bits per heavy atom. The molecule has 7 rings (SSSR count). The first-order chi connectivity index (χ1) is 28.6. The summed E-state index contributed by atoms with van der Waals surface area (Å²) in [6, 6.07) is 4.51. The molecule has 3 fully saturated rings. The van der Waals surface area contributed by atoms with Crippen LogP contribution in [0, 0.1) is 23.5 Å². The number of aliphatic hydroxyl groups is 2. The molecule has 2 saturated heterocycles. The molecule has 1 aliphatic carbocycles. The van der Waals surface area contributed by atoms with Crippen molar-refractivity contribution < 1.29 is 38.2 Å². The van der Waals surface area contributed by atoms with Crippen molar-refractivity contribution in [3.8, 4) is 11.6 Å². The van der Waals surface area contributed by atoms with Crippen molar-refractivity contribution in [2.24, 2.45) is 11.8 Å². The van der Waals surface area contributed by atoms with Crippen LogP contribution in [0.4, 0.5) is 8.78 Å². The Morgan fingerprint density at radius 2 is 1.17 bits per heavy atom. The fraction of sp³-hybridized carbons (Fsp3) is 0.571. The molecular weight excluding hydrogens is 779 g/mol. The monoisotopic (exact) mass is 834 g/mol. The van der Waals surface area contributed by atoms with E-state index in [0.29, 0.717) is 22.1 Å². The number of aliphatic hydroxyl groups excluding tert-OH is 2. The molecule has 0 radical (unpaired) electrons. The van der Waals surface area contributed by atoms with Crippen LogP contribution in [0.3, 0.4) is 0 Å². The Morgan fingerprint density at radius 1 is 0.717 bits per heavy atom. The third kappa shape index (κ3) is 8.73. The SMILES string of the molecule is CN[C@H](C)C(=O)N[C@@H](C(=O)N1CC(O)C[C@H]1Cn1c(-c2nc3cc(F)ccc3n2C[C@@H]2CC(O)CN2C(=O)[C@H](NC(=O)[C@@H](C)NC)C2CC2)nc2cc(F)ccc21)C(C)C. The fourth-order valence-electron chi connectivity index (χ4n) is 8.51. The Bertz CT molecular complexity index is 2110. The average Bonchev–Trinajstić information content (AvgIpc) is 3.58. The van der Waals surface area contributed by atoms with Gasteiger partial charge in [-0.05, 0) is 89.7 Å². The van der Waals surface area contributed by atoms with Gasteiger partial charge in [-0.1, -0.05) is 13.8 Å². The molecule has 8 atom stereocenters. The minimum absolute atomic E-state index is 0.0265. The molecule has 324 valence electrons. The zero-order valence-electron chi connectivity index (χ0n) is 34.9. The lowest BCUT2D eigenvalue weighted by Gasteiger charge is -2.32. The zero-order valence-corrected chi connectivity index (χ0v) is 34.9. The van der Waals surface area contributed by atoms with Crippen molar-refractivity contribution in [3.63, 3.8) is 0 Å². The van der Waals surface area contributed by atoms with E-state index < -0.39 is 60.1 Å². The molecule has 3 aliphatic rings. The molecular formula is C42H56F2N10O6. The summed E-state index contributed by atoms with van der Waals surface area (Å²) >= 11 is 0. The van der Waals surface area contributed by atoms with E-state index >= 15 is 0 Å². The molecule has 16 nitrogen and oxygen atoms in total. The van der Waals surface area contributed by atoms with Gasteiger partial charge in [-0.15, -0.1) is 0 Å². The number of benzene rings is 2. The number of likely N-dealkylation sites (N-methyl/N-ethyl adjacent to an activating group) is 2. The Balaban J connectivity index is 1.27. The summed E-state index contributed by atoms with van der Waals surface area (Å²) in [5, 5.41) is 33.6. The summed E-state index contributed by atoms with van der Waals surface area (Å²) in [5.41, 5.74) is 1.65. The van der Waals surface area contributed by atoms with Crippen molar-refractivity contribution in [3.05, 3.63) is 48.0 Å². The second-order valence-electron chi connectivity index (χ2n) is 17.0. The second-order valence-corrected chi connectivity index (χ2v) is 17.0. The average molecular weight is 835 g/mol. The van der Waals surface area contributed by atoms with Crippen LogP contribution in [0.15, 0.2) is 36.4 Å². The number of hydrogen-bond donors (Lipinski definition) is 6. The third-order valence-electron chi connectivity index (χ3n) is 12.3. The molecule has 0 bridgehead atoms. The predicted octanol–water partition coefficient (Wildman–Crippen LogP) is 1.51.